The molecule has 0 bridgehead atoms. The number of nitrogens with zero attached hydrogens (tertiary/aromatic N) is 2. The van der Waals surface area contributed by atoms with Crippen LogP contribution in [0.5, 0.6) is 0 Å². The monoisotopic (exact) mass is 518 g/mol. The van der Waals surface area contributed by atoms with Crippen LogP contribution in [0.4, 0.5) is 4.39 Å². The van der Waals surface area contributed by atoms with E-state index in [1.165, 1.54) is 6.07 Å². The summed E-state index contributed by atoms with van der Waals surface area (Å²) < 4.78 is 27.5. The van der Waals surface area contributed by atoms with Gasteiger partial charge >= 0.3 is 5.97 Å². The summed E-state index contributed by atoms with van der Waals surface area (Å²) in [5.41, 5.74) is 1.41. The minimum Gasteiger partial charge on any atom is -0.458 e. The van der Waals surface area contributed by atoms with Crippen molar-refractivity contribution in [1.29, 1.82) is 0 Å². The van der Waals surface area contributed by atoms with E-state index in [4.69, 9.17) is 20.9 Å². The van der Waals surface area contributed by atoms with Gasteiger partial charge in [-0.3, -0.25) is 4.79 Å². The second-order valence-corrected chi connectivity index (χ2v) is 10.3. The van der Waals surface area contributed by atoms with Gasteiger partial charge in [-0.1, -0.05) is 12.8 Å². The number of carbonyl (C=O) groups excluding carboxylic acids is 1. The molecule has 2 N–H and O–H groups in total. The summed E-state index contributed by atoms with van der Waals surface area (Å²) in [4.78, 5) is 31.0. The third-order valence-electron chi connectivity index (χ3n) is 8.44. The lowest BCUT2D eigenvalue weighted by Gasteiger charge is -2.36. The van der Waals surface area contributed by atoms with Crippen molar-refractivity contribution in [3.63, 3.8) is 0 Å². The van der Waals surface area contributed by atoms with Crippen molar-refractivity contribution < 1.29 is 28.9 Å². The number of aliphatic hydroxyl groups excluding tert-OH is 1. The van der Waals surface area contributed by atoms with Gasteiger partial charge in [0.1, 0.15) is 12.4 Å². The van der Waals surface area contributed by atoms with Gasteiger partial charge in [0.25, 0.3) is 5.56 Å². The summed E-state index contributed by atoms with van der Waals surface area (Å²) in [5.74, 6) is 1.77. The number of esters is 1. The Bertz CT molecular complexity index is 1650. The highest BCUT2D eigenvalue weighted by atomic mass is 19.1. The number of hydrogen-bond acceptors (Lipinski definition) is 7. The number of halogens is 1. The number of aryl methyl sites for hydroxylation is 1. The number of carbonyl (C=O) groups is 1. The summed E-state index contributed by atoms with van der Waals surface area (Å²) >= 11 is 0. The second-order valence-electron chi connectivity index (χ2n) is 10.3. The van der Waals surface area contributed by atoms with E-state index in [0.29, 0.717) is 35.3 Å². The summed E-state index contributed by atoms with van der Waals surface area (Å²) in [5, 5.41) is 21.2. The Kier molecular flexibility index (Phi) is 5.51. The van der Waals surface area contributed by atoms with E-state index in [-0.39, 0.29) is 61.9 Å². The fraction of sp³-hybridized carbons (Fsp3) is 0.414. The molecular weight excluding hydrogens is 491 g/mol. The van der Waals surface area contributed by atoms with Gasteiger partial charge in [-0.2, -0.15) is 0 Å². The van der Waals surface area contributed by atoms with Gasteiger partial charge in [0.05, 0.1) is 54.2 Å². The first-order valence-electron chi connectivity index (χ1n) is 12.7. The average molecular weight is 519 g/mol. The fourth-order valence-corrected chi connectivity index (χ4v) is 6.33. The zero-order valence-corrected chi connectivity index (χ0v) is 21.2. The fourth-order valence-electron chi connectivity index (χ4n) is 6.33. The summed E-state index contributed by atoms with van der Waals surface area (Å²) in [6.45, 7) is 3.43. The van der Waals surface area contributed by atoms with Gasteiger partial charge in [-0.15, -0.1) is 6.42 Å². The quantitative estimate of drug-likeness (QED) is 0.237. The largest absolute Gasteiger partial charge is 0.458 e. The van der Waals surface area contributed by atoms with Crippen LogP contribution < -0.4 is 5.56 Å². The highest BCUT2D eigenvalue weighted by Crippen LogP contribution is 2.48. The van der Waals surface area contributed by atoms with Crippen LogP contribution in [0.1, 0.15) is 53.1 Å². The molecule has 1 aliphatic carbocycles. The van der Waals surface area contributed by atoms with E-state index >= 15 is 4.39 Å². The third-order valence-corrected chi connectivity index (χ3v) is 8.44. The summed E-state index contributed by atoms with van der Waals surface area (Å²) in [6, 6.07) is 3.02. The minimum absolute atomic E-state index is 0.0290. The number of terminal acetylenes is 1. The smallest absolute Gasteiger partial charge is 0.343 e. The van der Waals surface area contributed by atoms with E-state index in [2.05, 4.69) is 5.92 Å². The van der Waals surface area contributed by atoms with Gasteiger partial charge in [0.15, 0.2) is 5.60 Å². The van der Waals surface area contributed by atoms with Gasteiger partial charge < -0.3 is 24.3 Å². The van der Waals surface area contributed by atoms with Crippen LogP contribution in [0.2, 0.25) is 0 Å². The van der Waals surface area contributed by atoms with Crippen molar-refractivity contribution in [3.8, 4) is 23.7 Å². The molecule has 2 atom stereocenters. The Balaban J connectivity index is 1.68. The Hall–Kier alpha value is -3.58. The van der Waals surface area contributed by atoms with Gasteiger partial charge in [0, 0.05) is 22.6 Å². The molecular formula is C29H27FN2O6. The van der Waals surface area contributed by atoms with Crippen molar-refractivity contribution in [2.45, 2.75) is 57.3 Å². The van der Waals surface area contributed by atoms with Crippen molar-refractivity contribution in [2.24, 2.45) is 0 Å². The van der Waals surface area contributed by atoms with Crippen LogP contribution in [0, 0.1) is 25.1 Å². The summed E-state index contributed by atoms with van der Waals surface area (Å²) in [6.07, 6.45) is 7.23. The average Bonchev–Trinajstić information content (AvgIpc) is 3.28. The Morgan fingerprint density at radius 2 is 2.08 bits per heavy atom. The molecule has 0 fully saturated rings. The molecule has 2 aliphatic heterocycles. The number of aliphatic hydroxyl groups is 2. The third kappa shape index (κ3) is 3.11. The highest BCUT2D eigenvalue weighted by Gasteiger charge is 2.47. The van der Waals surface area contributed by atoms with E-state index in [9.17, 15) is 19.8 Å². The molecule has 2 aromatic heterocycles. The van der Waals surface area contributed by atoms with Crippen molar-refractivity contribution >= 4 is 16.9 Å². The van der Waals surface area contributed by atoms with Crippen LogP contribution in [0.3, 0.4) is 0 Å². The molecule has 8 nitrogen and oxygen atoms in total. The van der Waals surface area contributed by atoms with Crippen molar-refractivity contribution in [1.82, 2.24) is 9.55 Å². The zero-order chi connectivity index (χ0) is 27.0. The molecule has 0 radical (unpaired) electrons. The molecule has 196 valence electrons. The predicted molar refractivity (Wildman–Crippen MR) is 136 cm³/mol. The number of cyclic esters (lactones) is 1. The predicted octanol–water partition coefficient (Wildman–Crippen LogP) is 2.35. The lowest BCUT2D eigenvalue weighted by atomic mass is 9.68. The Morgan fingerprint density at radius 1 is 1.29 bits per heavy atom. The van der Waals surface area contributed by atoms with Crippen LogP contribution in [-0.2, 0) is 44.9 Å². The second kappa shape index (κ2) is 8.46. The molecule has 0 saturated heterocycles. The lowest BCUT2D eigenvalue weighted by Crippen LogP contribution is -2.44. The van der Waals surface area contributed by atoms with E-state index in [0.717, 1.165) is 22.1 Å². The molecule has 0 amide bonds. The first kappa shape index (κ1) is 24.7. The maximum atomic E-state index is 15.0. The topological polar surface area (TPSA) is 111 Å². The molecule has 6 rings (SSSR count). The SMILES string of the molecule is C#C[C@@]1(COCCO)CCc2c(C)c(F)cc3nc4c(c1c23)Cn1c-4cc2c(c1=O)COC(=O)[C@]2(O)CC. The number of ether oxygens (including phenoxy) is 2. The maximum Gasteiger partial charge on any atom is 0.343 e. The highest BCUT2D eigenvalue weighted by molar-refractivity contribution is 5.94. The van der Waals surface area contributed by atoms with Gasteiger partial charge in [-0.25, -0.2) is 14.2 Å². The molecule has 38 heavy (non-hydrogen) atoms. The zero-order valence-electron chi connectivity index (χ0n) is 21.2. The first-order valence-corrected chi connectivity index (χ1v) is 12.7. The molecule has 0 saturated carbocycles. The van der Waals surface area contributed by atoms with Crippen LogP contribution in [0.25, 0.3) is 22.3 Å². The number of benzene rings is 1. The van der Waals surface area contributed by atoms with Gasteiger partial charge in [0.2, 0.25) is 0 Å². The Morgan fingerprint density at radius 3 is 2.79 bits per heavy atom. The van der Waals surface area contributed by atoms with Crippen LogP contribution >= 0.6 is 0 Å². The molecule has 4 heterocycles. The maximum absolute atomic E-state index is 15.0. The number of aromatic nitrogens is 2. The molecule has 0 unspecified atom stereocenters. The minimum atomic E-state index is -1.95. The molecule has 9 heteroatoms. The molecule has 0 spiro atoms. The number of fused-ring (bicyclic) bond motifs is 5. The normalized spacial score (nSPS) is 23.0. The van der Waals surface area contributed by atoms with Crippen LogP contribution in [-0.4, -0.2) is 45.6 Å². The molecule has 3 aromatic rings. The number of pyridine rings is 2. The molecule has 1 aromatic carbocycles. The first-order chi connectivity index (χ1) is 18.2. The standard InChI is InChI=1S/C29H27FN2O6/c1-4-28(14-37-9-8-33)7-6-16-15(3)20(30)11-21-23(16)24(28)17-12-32-22(25(17)31-21)10-19-18(26(32)34)13-38-27(35)29(19,36)5-2/h1,10-11,33,36H,5-9,12-14H2,2-3H3/t28-,29-/m0/s1. The van der Waals surface area contributed by atoms with E-state index in [1.54, 1.807) is 24.5 Å². The lowest BCUT2D eigenvalue weighted by molar-refractivity contribution is -0.172. The van der Waals surface area contributed by atoms with E-state index < -0.39 is 17.0 Å². The van der Waals surface area contributed by atoms with Crippen molar-refractivity contribution in [3.05, 3.63) is 61.7 Å². The Labute approximate surface area is 218 Å². The van der Waals surface area contributed by atoms with Crippen molar-refractivity contribution in [2.75, 3.05) is 19.8 Å². The summed E-state index contributed by atoms with van der Waals surface area (Å²) in [7, 11) is 0. The molecule has 3 aliphatic rings. The number of hydrogen-bond donors (Lipinski definition) is 2. The van der Waals surface area contributed by atoms with Crippen LogP contribution in [0.15, 0.2) is 16.9 Å². The van der Waals surface area contributed by atoms with E-state index in [1.807, 2.05) is 0 Å². The van der Waals surface area contributed by atoms with Gasteiger partial charge in [-0.05, 0) is 48.9 Å². The number of rotatable bonds is 5.